The van der Waals surface area contributed by atoms with E-state index in [4.69, 9.17) is 29.9 Å². The zero-order chi connectivity index (χ0) is 30.8. The number of rotatable bonds is 13. The van der Waals surface area contributed by atoms with Gasteiger partial charge in [0, 0.05) is 29.9 Å². The van der Waals surface area contributed by atoms with E-state index < -0.39 is 17.6 Å². The summed E-state index contributed by atoms with van der Waals surface area (Å²) >= 11 is 0. The summed E-state index contributed by atoms with van der Waals surface area (Å²) in [7, 11) is 1.38. The van der Waals surface area contributed by atoms with E-state index in [1.807, 2.05) is 91.0 Å². The average Bonchev–Trinajstić information content (AvgIpc) is 3.46. The molecule has 0 aromatic heterocycles. The lowest BCUT2D eigenvalue weighted by molar-refractivity contribution is -0.139. The monoisotopic (exact) mass is 591 g/mol. The second-order valence-corrected chi connectivity index (χ2v) is 10.2. The first-order valence-corrected chi connectivity index (χ1v) is 14.2. The van der Waals surface area contributed by atoms with Crippen LogP contribution in [-0.4, -0.2) is 42.8 Å². The normalized spacial score (nSPS) is 17.2. The number of nitrogens with zero attached hydrogens (tertiary/aromatic N) is 4. The predicted octanol–water partition coefficient (Wildman–Crippen LogP) is 6.10. The van der Waals surface area contributed by atoms with Crippen molar-refractivity contribution in [2.75, 3.05) is 20.3 Å². The Labute approximate surface area is 255 Å². The van der Waals surface area contributed by atoms with Gasteiger partial charge in [0.25, 0.3) is 5.91 Å². The number of azide groups is 1. The van der Waals surface area contributed by atoms with Crippen LogP contribution in [0.3, 0.4) is 0 Å². The van der Waals surface area contributed by atoms with Gasteiger partial charge in [0.15, 0.2) is 11.6 Å². The second-order valence-electron chi connectivity index (χ2n) is 10.2. The van der Waals surface area contributed by atoms with Crippen LogP contribution in [0, 0.1) is 0 Å². The topological polar surface area (TPSA) is 138 Å². The zero-order valence-electron chi connectivity index (χ0n) is 24.3. The van der Waals surface area contributed by atoms with Crippen LogP contribution in [0.4, 0.5) is 0 Å². The maximum Gasteiger partial charge on any atom is 0.276 e. The number of aliphatic imine (C=N–C) groups is 1. The largest absolute Gasteiger partial charge is 0.494 e. The molecule has 2 atom stereocenters. The number of amides is 1. The van der Waals surface area contributed by atoms with Crippen molar-refractivity contribution >= 4 is 11.8 Å². The maximum atomic E-state index is 14.0. The lowest BCUT2D eigenvalue weighted by Gasteiger charge is -2.31. The minimum Gasteiger partial charge on any atom is -0.494 e. The summed E-state index contributed by atoms with van der Waals surface area (Å²) < 4.78 is 12.3. The number of ether oxygens (including phenoxy) is 2. The zero-order valence-corrected chi connectivity index (χ0v) is 24.3. The van der Waals surface area contributed by atoms with Gasteiger partial charge < -0.3 is 14.6 Å². The number of hydrogen-bond donors (Lipinski definition) is 2. The minimum atomic E-state index is -1.47. The fraction of sp³-hybridized carbons (Fsp3) is 0.235. The molecule has 0 unspecified atom stereocenters. The van der Waals surface area contributed by atoms with Crippen LogP contribution in [-0.2, 0) is 27.3 Å². The number of carbonyl (C=O) groups is 1. The molecule has 5 rings (SSSR count). The molecule has 224 valence electrons. The quantitative estimate of drug-likeness (QED) is 0.0636. The molecule has 4 aromatic rings. The van der Waals surface area contributed by atoms with Gasteiger partial charge in [0.1, 0.15) is 5.75 Å². The molecule has 0 radical (unpaired) electrons. The number of carbonyl (C=O) groups excluding carboxylic acids is 1. The highest BCUT2D eigenvalue weighted by Crippen LogP contribution is 2.43. The molecule has 0 spiro atoms. The molecular formula is C34H33N5O5. The Balaban J connectivity index is 1.58. The molecule has 1 amide bonds. The first-order valence-electron chi connectivity index (χ1n) is 14.2. The van der Waals surface area contributed by atoms with Crippen LogP contribution < -0.4 is 10.2 Å². The molecule has 0 saturated carbocycles. The number of aliphatic hydroxyl groups excluding tert-OH is 1. The number of aliphatic hydroxyl groups is 1. The molecule has 2 N–H and O–H groups in total. The van der Waals surface area contributed by atoms with Crippen molar-refractivity contribution < 1.29 is 24.2 Å². The Morgan fingerprint density at radius 1 is 0.955 bits per heavy atom. The summed E-state index contributed by atoms with van der Waals surface area (Å²) in [6, 6.07) is 32.6. The van der Waals surface area contributed by atoms with Gasteiger partial charge in [0.05, 0.1) is 20.3 Å². The maximum absolute atomic E-state index is 14.0. The van der Waals surface area contributed by atoms with Crippen molar-refractivity contribution in [2.24, 2.45) is 10.1 Å². The Morgan fingerprint density at radius 3 is 2.30 bits per heavy atom. The van der Waals surface area contributed by atoms with Gasteiger partial charge in [-0.25, -0.2) is 10.5 Å². The minimum absolute atomic E-state index is 0.0497. The third-order valence-corrected chi connectivity index (χ3v) is 7.43. The smallest absolute Gasteiger partial charge is 0.276 e. The fourth-order valence-corrected chi connectivity index (χ4v) is 5.23. The van der Waals surface area contributed by atoms with Crippen LogP contribution in [0.15, 0.2) is 113 Å². The third-order valence-electron chi connectivity index (χ3n) is 7.43. The van der Waals surface area contributed by atoms with Gasteiger partial charge in [-0.15, -0.1) is 0 Å². The van der Waals surface area contributed by atoms with E-state index >= 15 is 0 Å². The van der Waals surface area contributed by atoms with E-state index in [1.165, 1.54) is 7.11 Å². The highest BCUT2D eigenvalue weighted by Gasteiger charge is 2.53. The van der Waals surface area contributed by atoms with Crippen LogP contribution in [0.5, 0.6) is 5.75 Å². The van der Waals surface area contributed by atoms with Gasteiger partial charge >= 0.3 is 0 Å². The van der Waals surface area contributed by atoms with Crippen molar-refractivity contribution in [3.05, 3.63) is 136 Å². The van der Waals surface area contributed by atoms with E-state index in [9.17, 15) is 4.79 Å². The van der Waals surface area contributed by atoms with Crippen molar-refractivity contribution in [2.45, 2.75) is 31.0 Å². The van der Waals surface area contributed by atoms with Gasteiger partial charge in [0.2, 0.25) is 5.90 Å². The van der Waals surface area contributed by atoms with Crippen LogP contribution in [0.1, 0.15) is 34.8 Å². The molecule has 1 heterocycles. The van der Waals surface area contributed by atoms with E-state index in [0.29, 0.717) is 30.2 Å². The number of hydrogen-bond acceptors (Lipinski definition) is 7. The average molecular weight is 592 g/mol. The van der Waals surface area contributed by atoms with Crippen molar-refractivity contribution in [1.82, 2.24) is 5.48 Å². The fourth-order valence-electron chi connectivity index (χ4n) is 5.23. The molecule has 0 fully saturated rings. The highest BCUT2D eigenvalue weighted by atomic mass is 16.6. The highest BCUT2D eigenvalue weighted by molar-refractivity contribution is 6.01. The lowest BCUT2D eigenvalue weighted by Crippen LogP contribution is -2.49. The Morgan fingerprint density at radius 2 is 1.61 bits per heavy atom. The summed E-state index contributed by atoms with van der Waals surface area (Å²) in [5, 5.41) is 12.8. The van der Waals surface area contributed by atoms with Crippen LogP contribution >= 0.6 is 0 Å². The molecule has 1 aliphatic rings. The lowest BCUT2D eigenvalue weighted by atomic mass is 9.81. The number of nitrogens with one attached hydrogen (secondary N) is 1. The molecule has 1 aliphatic heterocycles. The number of hydroxylamine groups is 1. The van der Waals surface area contributed by atoms with E-state index in [0.717, 1.165) is 27.8 Å². The summed E-state index contributed by atoms with van der Waals surface area (Å²) in [6.45, 7) is 0.568. The van der Waals surface area contributed by atoms with Gasteiger partial charge in [-0.1, -0.05) is 84.0 Å². The van der Waals surface area contributed by atoms with E-state index in [-0.39, 0.29) is 19.6 Å². The van der Waals surface area contributed by atoms with Crippen molar-refractivity contribution in [3.8, 4) is 16.9 Å². The van der Waals surface area contributed by atoms with Gasteiger partial charge in [-0.2, -0.15) is 0 Å². The van der Waals surface area contributed by atoms with Gasteiger partial charge in [-0.3, -0.25) is 9.63 Å². The summed E-state index contributed by atoms with van der Waals surface area (Å²) in [4.78, 5) is 27.0. The predicted molar refractivity (Wildman–Crippen MR) is 167 cm³/mol. The summed E-state index contributed by atoms with van der Waals surface area (Å²) in [6.07, 6.45) is -0.137. The third kappa shape index (κ3) is 6.74. The Kier molecular flexibility index (Phi) is 9.89. The first kappa shape index (κ1) is 30.3. The molecule has 44 heavy (non-hydrogen) atoms. The molecular weight excluding hydrogens is 558 g/mol. The van der Waals surface area contributed by atoms with E-state index in [2.05, 4.69) is 15.5 Å². The van der Waals surface area contributed by atoms with Crippen LogP contribution in [0.25, 0.3) is 21.6 Å². The SMILES string of the molecule is CONC(=O)[C@@]1(Cc2ccccc2CN=[N+]=[N-])N=C(c2ccc(OCCCO)cc2)O[C@H]1c1ccc(-c2ccccc2)cc1. The Bertz CT molecular complexity index is 1640. The molecule has 0 bridgehead atoms. The summed E-state index contributed by atoms with van der Waals surface area (Å²) in [5.74, 6) is 0.460. The number of benzene rings is 4. The molecule has 0 saturated heterocycles. The second kappa shape index (κ2) is 14.3. The molecule has 10 nitrogen and oxygen atoms in total. The van der Waals surface area contributed by atoms with Crippen LogP contribution in [0.2, 0.25) is 0 Å². The molecule has 4 aromatic carbocycles. The molecule has 0 aliphatic carbocycles. The van der Waals surface area contributed by atoms with Crippen molar-refractivity contribution in [3.63, 3.8) is 0 Å². The standard InChI is InChI=1S/C34H33N5O5/c1-42-38-33(41)34(22-28-10-5-6-11-29(28)23-36-39-35)31(26-14-12-25(13-15-26)24-8-3-2-4-9-24)44-32(37-34)27-16-18-30(19-17-27)43-21-7-20-40/h2-6,8-19,31,40H,7,20-23H2,1H3,(H,38,41)/t31-,34-/m0/s1. The van der Waals surface area contributed by atoms with Crippen molar-refractivity contribution in [1.29, 1.82) is 0 Å². The first-order chi connectivity index (χ1) is 21.6. The molecule has 10 heteroatoms. The summed E-state index contributed by atoms with van der Waals surface area (Å²) in [5.41, 5.74) is 15.1. The van der Waals surface area contributed by atoms with E-state index in [1.54, 1.807) is 12.1 Å². The Hall–Kier alpha value is -5.15. The van der Waals surface area contributed by atoms with Gasteiger partial charge in [-0.05, 0) is 57.6 Å².